The molecular weight excluding hydrogens is 831 g/mol. The fourth-order valence-corrected chi connectivity index (χ4v) is 6.16. The first-order valence-electron chi connectivity index (χ1n) is 20.1. The van der Waals surface area contributed by atoms with Crippen LogP contribution in [0.25, 0.3) is 66.3 Å². The van der Waals surface area contributed by atoms with Gasteiger partial charge in [-0.15, -0.1) is 54.1 Å². The zero-order valence-electron chi connectivity index (χ0n) is 36.7. The van der Waals surface area contributed by atoms with E-state index in [-0.39, 0.29) is 42.1 Å². The van der Waals surface area contributed by atoms with Crippen molar-refractivity contribution in [1.29, 1.82) is 0 Å². The van der Waals surface area contributed by atoms with E-state index in [1.165, 1.54) is 17.8 Å². The minimum absolute atomic E-state index is 0. The van der Waals surface area contributed by atoms with E-state index < -0.39 is 18.6 Å². The second-order valence-corrected chi connectivity index (χ2v) is 16.4. The van der Waals surface area contributed by atoms with Crippen LogP contribution in [0.1, 0.15) is 91.7 Å². The first-order chi connectivity index (χ1) is 26.5. The number of furan rings is 1. The Labute approximate surface area is 333 Å². The predicted octanol–water partition coefficient (Wildman–Crippen LogP) is 12.8. The summed E-state index contributed by atoms with van der Waals surface area (Å²) in [4.78, 5) is 13.7. The Hall–Kier alpha value is -4.64. The maximum absolute atomic E-state index is 8.88. The number of oxazole rings is 1. The molecule has 0 aliphatic heterocycles. The van der Waals surface area contributed by atoms with Crippen molar-refractivity contribution in [3.63, 3.8) is 0 Å². The standard InChI is InChI=1S/C32H31N2O2.C15H16N.Ir/c1-18-17-33-25(14-20(18)16-31(2,3)4)22-10-8-9-21-24-13-19-11-12-26-28(34-30(36-26)32(5,6)7)23(19)15-27(24)35-29(21)22;1-15(2,3)13-9-10-16-14(11-13)12-7-5-4-6-8-12;/h8-9,11-15,17H,16H2,1-7H3;4-7,9-11H,1-3H3;/q2*-1;/i1D3,16D2;;. The van der Waals surface area contributed by atoms with Gasteiger partial charge in [0.15, 0.2) is 5.58 Å². The van der Waals surface area contributed by atoms with Crippen LogP contribution in [0.15, 0.2) is 100 Å². The molecule has 1 radical (unpaired) electrons. The Morgan fingerprint density at radius 2 is 1.55 bits per heavy atom. The minimum Gasteiger partial charge on any atom is -0.501 e. The van der Waals surface area contributed by atoms with Crippen LogP contribution in [-0.4, -0.2) is 15.0 Å². The fourth-order valence-electron chi connectivity index (χ4n) is 6.16. The number of hydrogen-bond acceptors (Lipinski definition) is 5. The van der Waals surface area contributed by atoms with E-state index >= 15 is 0 Å². The molecule has 0 atom stereocenters. The summed E-state index contributed by atoms with van der Waals surface area (Å²) in [5.41, 5.74) is 6.01. The van der Waals surface area contributed by atoms with Crippen LogP contribution in [0.3, 0.4) is 0 Å². The maximum Gasteiger partial charge on any atom is 0.200 e. The van der Waals surface area contributed by atoms with Crippen LogP contribution < -0.4 is 0 Å². The van der Waals surface area contributed by atoms with Gasteiger partial charge in [0, 0.05) is 55.5 Å². The van der Waals surface area contributed by atoms with Crippen LogP contribution in [0.2, 0.25) is 0 Å². The second-order valence-electron chi connectivity index (χ2n) is 16.4. The summed E-state index contributed by atoms with van der Waals surface area (Å²) in [6.07, 6.45) is 1.19. The van der Waals surface area contributed by atoms with Gasteiger partial charge in [-0.05, 0) is 76.2 Å². The molecule has 4 heterocycles. The van der Waals surface area contributed by atoms with Gasteiger partial charge in [-0.1, -0.05) is 97.0 Å². The van der Waals surface area contributed by atoms with E-state index in [9.17, 15) is 0 Å². The van der Waals surface area contributed by atoms with Crippen molar-refractivity contribution in [2.24, 2.45) is 5.41 Å². The molecule has 8 aromatic rings. The molecule has 0 aliphatic carbocycles. The van der Waals surface area contributed by atoms with Crippen molar-refractivity contribution >= 4 is 43.8 Å². The first-order valence-corrected chi connectivity index (χ1v) is 17.6. The molecule has 53 heavy (non-hydrogen) atoms. The summed E-state index contributed by atoms with van der Waals surface area (Å²) >= 11 is 0. The summed E-state index contributed by atoms with van der Waals surface area (Å²) in [5.74, 6) is 0.666. The molecule has 0 spiro atoms. The van der Waals surface area contributed by atoms with E-state index in [0.717, 1.165) is 38.3 Å². The number of hydrogen-bond donors (Lipinski definition) is 0. The number of aryl methyl sites for hydroxylation is 1. The van der Waals surface area contributed by atoms with Gasteiger partial charge in [-0.2, -0.15) is 0 Å². The summed E-state index contributed by atoms with van der Waals surface area (Å²) in [7, 11) is 0. The van der Waals surface area contributed by atoms with Crippen molar-refractivity contribution < 1.29 is 35.8 Å². The van der Waals surface area contributed by atoms with Gasteiger partial charge in [-0.25, -0.2) is 4.98 Å². The average Bonchev–Trinajstić information content (AvgIpc) is 3.76. The van der Waals surface area contributed by atoms with Gasteiger partial charge in [0.2, 0.25) is 5.89 Å². The Bertz CT molecular complexity index is 2770. The van der Waals surface area contributed by atoms with E-state index in [0.29, 0.717) is 33.9 Å². The van der Waals surface area contributed by atoms with Gasteiger partial charge in [0.1, 0.15) is 11.1 Å². The summed E-state index contributed by atoms with van der Waals surface area (Å²) in [5, 5.41) is 3.68. The molecule has 0 fully saturated rings. The first kappa shape index (κ1) is 31.8. The number of fused-ring (bicyclic) bond motifs is 6. The monoisotopic (exact) mass is 883 g/mol. The van der Waals surface area contributed by atoms with Crippen molar-refractivity contribution in [2.75, 3.05) is 0 Å². The van der Waals surface area contributed by atoms with Crippen LogP contribution in [0.5, 0.6) is 0 Å². The zero-order chi connectivity index (χ0) is 41.3. The Morgan fingerprint density at radius 3 is 2.25 bits per heavy atom. The number of aromatic nitrogens is 3. The molecule has 4 aromatic carbocycles. The van der Waals surface area contributed by atoms with Gasteiger partial charge < -0.3 is 18.8 Å². The van der Waals surface area contributed by atoms with Gasteiger partial charge in [-0.3, -0.25) is 0 Å². The summed E-state index contributed by atoms with van der Waals surface area (Å²) in [6.45, 7) is 15.6. The van der Waals surface area contributed by atoms with Crippen molar-refractivity contribution in [1.82, 2.24) is 15.0 Å². The molecule has 0 unspecified atom stereocenters. The number of benzene rings is 4. The normalized spacial score (nSPS) is 14.2. The molecule has 8 rings (SSSR count). The van der Waals surface area contributed by atoms with Crippen LogP contribution >= 0.6 is 0 Å². The maximum atomic E-state index is 8.88. The van der Waals surface area contributed by atoms with Crippen LogP contribution in [0, 0.1) is 24.4 Å². The number of pyridine rings is 2. The third-order valence-corrected chi connectivity index (χ3v) is 8.85. The largest absolute Gasteiger partial charge is 0.501 e. The topological polar surface area (TPSA) is 65.0 Å². The van der Waals surface area contributed by atoms with Gasteiger partial charge in [0.05, 0.1) is 5.58 Å². The second kappa shape index (κ2) is 14.3. The Kier molecular flexibility index (Phi) is 8.59. The van der Waals surface area contributed by atoms with Gasteiger partial charge in [0.25, 0.3) is 0 Å². The van der Waals surface area contributed by atoms with E-state index in [4.69, 9.17) is 20.7 Å². The molecule has 0 bridgehead atoms. The van der Waals surface area contributed by atoms with Crippen LogP contribution in [0.4, 0.5) is 0 Å². The van der Waals surface area contributed by atoms with Crippen molar-refractivity contribution in [3.05, 3.63) is 126 Å². The summed E-state index contributed by atoms with van der Waals surface area (Å²) < 4.78 is 54.3. The van der Waals surface area contributed by atoms with Crippen molar-refractivity contribution in [3.8, 4) is 22.5 Å². The molecule has 0 aliphatic rings. The molecule has 6 heteroatoms. The molecule has 0 saturated carbocycles. The summed E-state index contributed by atoms with van der Waals surface area (Å²) in [6, 6.07) is 31.8. The molecule has 0 saturated heterocycles. The quantitative estimate of drug-likeness (QED) is 0.165. The molecule has 0 N–H and O–H groups in total. The van der Waals surface area contributed by atoms with E-state index in [1.807, 2.05) is 54.7 Å². The van der Waals surface area contributed by atoms with Crippen molar-refractivity contribution in [2.45, 2.75) is 86.4 Å². The molecule has 5 nitrogen and oxygen atoms in total. The average molecular weight is 883 g/mol. The van der Waals surface area contributed by atoms with Crippen LogP contribution in [-0.2, 0) is 37.3 Å². The molecular formula is C47H47IrN3O2-2. The Balaban J connectivity index is 0.000000280. The minimum atomic E-state index is -2.52. The number of rotatable bonds is 3. The van der Waals surface area contributed by atoms with E-state index in [2.05, 4.69) is 81.8 Å². The fraction of sp³-hybridized carbons (Fsp3) is 0.298. The predicted molar refractivity (Wildman–Crippen MR) is 215 cm³/mol. The van der Waals surface area contributed by atoms with E-state index in [1.54, 1.807) is 26.8 Å². The third-order valence-electron chi connectivity index (χ3n) is 8.85. The molecule has 4 aromatic heterocycles. The Morgan fingerprint density at radius 1 is 0.736 bits per heavy atom. The van der Waals surface area contributed by atoms with Gasteiger partial charge >= 0.3 is 0 Å². The third kappa shape index (κ3) is 8.00. The molecule has 0 amide bonds. The number of nitrogens with zero attached hydrogens (tertiary/aromatic N) is 3. The zero-order valence-corrected chi connectivity index (χ0v) is 34.0. The SMILES string of the molecule is CC(C)(C)c1ccnc(-c2[c-]cccc2)c1.[2H]C([2H])([2H])c1cnc(-c2[c-]ccc3c2oc2cc4c(ccc5oc(C(C)(C)C)nc54)cc23)cc1C([2H])([2H])C(C)(C)C.[Ir]. The molecule has 273 valence electrons. The smallest absolute Gasteiger partial charge is 0.200 e.